The Morgan fingerprint density at radius 3 is 2.64 bits per heavy atom. The van der Waals surface area contributed by atoms with E-state index in [9.17, 15) is 13.6 Å². The standard InChI is InChI=1S/C14H16F2N4OS/c1-8(2)20-12(18-19-14(20)22-3)7-17-13(21)9-4-5-10(15)11(16)6-9/h4-6,8H,7H2,1-3H3,(H,17,21). The molecule has 0 aliphatic carbocycles. The average Bonchev–Trinajstić information content (AvgIpc) is 2.90. The van der Waals surface area contributed by atoms with Gasteiger partial charge in [-0.3, -0.25) is 4.79 Å². The topological polar surface area (TPSA) is 59.8 Å². The Bertz CT molecular complexity index is 687. The first-order chi connectivity index (χ1) is 10.4. The van der Waals surface area contributed by atoms with Crippen molar-refractivity contribution in [3.63, 3.8) is 0 Å². The SMILES string of the molecule is CSc1nnc(CNC(=O)c2ccc(F)c(F)c2)n1C(C)C. The number of thioether (sulfide) groups is 1. The zero-order valence-electron chi connectivity index (χ0n) is 12.4. The van der Waals surface area contributed by atoms with Crippen LogP contribution in [0.25, 0.3) is 0 Å². The van der Waals surface area contributed by atoms with Crippen molar-refractivity contribution in [2.24, 2.45) is 0 Å². The van der Waals surface area contributed by atoms with E-state index in [-0.39, 0.29) is 18.2 Å². The number of hydrogen-bond acceptors (Lipinski definition) is 4. The normalized spacial score (nSPS) is 11.0. The summed E-state index contributed by atoms with van der Waals surface area (Å²) in [6.07, 6.45) is 1.90. The van der Waals surface area contributed by atoms with Crippen LogP contribution in [0.1, 0.15) is 36.1 Å². The molecular weight excluding hydrogens is 310 g/mol. The predicted molar refractivity (Wildman–Crippen MR) is 79.7 cm³/mol. The fourth-order valence-corrected chi connectivity index (χ4v) is 2.62. The van der Waals surface area contributed by atoms with Crippen LogP contribution < -0.4 is 5.32 Å². The molecular formula is C14H16F2N4OS. The Morgan fingerprint density at radius 2 is 2.05 bits per heavy atom. The van der Waals surface area contributed by atoms with Crippen molar-refractivity contribution < 1.29 is 13.6 Å². The zero-order valence-corrected chi connectivity index (χ0v) is 13.2. The number of aromatic nitrogens is 3. The number of halogens is 2. The van der Waals surface area contributed by atoms with Crippen molar-refractivity contribution in [1.29, 1.82) is 0 Å². The van der Waals surface area contributed by atoms with Gasteiger partial charge < -0.3 is 9.88 Å². The van der Waals surface area contributed by atoms with Crippen molar-refractivity contribution in [3.05, 3.63) is 41.2 Å². The molecule has 0 spiro atoms. The van der Waals surface area contributed by atoms with Crippen LogP contribution in [0.5, 0.6) is 0 Å². The molecule has 0 bridgehead atoms. The maximum absolute atomic E-state index is 13.1. The van der Waals surface area contributed by atoms with E-state index in [4.69, 9.17) is 0 Å². The van der Waals surface area contributed by atoms with E-state index in [1.165, 1.54) is 17.8 Å². The minimum absolute atomic E-state index is 0.0552. The van der Waals surface area contributed by atoms with E-state index in [1.54, 1.807) is 0 Å². The number of rotatable bonds is 5. The number of hydrogen-bond donors (Lipinski definition) is 1. The maximum Gasteiger partial charge on any atom is 0.251 e. The van der Waals surface area contributed by atoms with Crippen LogP contribution in [-0.2, 0) is 6.54 Å². The Balaban J connectivity index is 2.11. The number of carbonyl (C=O) groups is 1. The summed E-state index contributed by atoms with van der Waals surface area (Å²) >= 11 is 1.46. The number of nitrogens with one attached hydrogen (secondary N) is 1. The third-order valence-electron chi connectivity index (χ3n) is 3.02. The smallest absolute Gasteiger partial charge is 0.251 e. The minimum Gasteiger partial charge on any atom is -0.345 e. The van der Waals surface area contributed by atoms with Gasteiger partial charge in [0.15, 0.2) is 22.6 Å². The molecule has 1 aromatic heterocycles. The summed E-state index contributed by atoms with van der Waals surface area (Å²) in [4.78, 5) is 12.0. The molecule has 0 radical (unpaired) electrons. The second kappa shape index (κ2) is 6.87. The molecule has 0 saturated heterocycles. The van der Waals surface area contributed by atoms with Crippen molar-refractivity contribution in [2.75, 3.05) is 6.26 Å². The van der Waals surface area contributed by atoms with E-state index in [2.05, 4.69) is 15.5 Å². The molecule has 0 fully saturated rings. The summed E-state index contributed by atoms with van der Waals surface area (Å²) in [5, 5.41) is 11.5. The lowest BCUT2D eigenvalue weighted by atomic mass is 10.2. The highest BCUT2D eigenvalue weighted by Crippen LogP contribution is 2.19. The number of amides is 1. The van der Waals surface area contributed by atoms with Crippen LogP contribution in [0.2, 0.25) is 0 Å². The lowest BCUT2D eigenvalue weighted by Crippen LogP contribution is -2.25. The third-order valence-corrected chi connectivity index (χ3v) is 3.67. The molecule has 1 aromatic carbocycles. The summed E-state index contributed by atoms with van der Waals surface area (Å²) in [6.45, 7) is 4.14. The Kier molecular flexibility index (Phi) is 5.12. The molecule has 1 amide bonds. The summed E-state index contributed by atoms with van der Waals surface area (Å²) in [5.41, 5.74) is 0.0552. The van der Waals surface area contributed by atoms with E-state index in [0.717, 1.165) is 17.3 Å². The lowest BCUT2D eigenvalue weighted by Gasteiger charge is -2.13. The van der Waals surface area contributed by atoms with Gasteiger partial charge in [0.2, 0.25) is 0 Å². The van der Waals surface area contributed by atoms with Crippen molar-refractivity contribution in [1.82, 2.24) is 20.1 Å². The molecule has 22 heavy (non-hydrogen) atoms. The minimum atomic E-state index is -1.05. The molecule has 2 rings (SSSR count). The Hall–Kier alpha value is -1.96. The van der Waals surface area contributed by atoms with E-state index in [1.807, 2.05) is 24.7 Å². The van der Waals surface area contributed by atoms with E-state index in [0.29, 0.717) is 5.82 Å². The molecule has 1 heterocycles. The van der Waals surface area contributed by atoms with Crippen molar-refractivity contribution in [2.45, 2.75) is 31.6 Å². The summed E-state index contributed by atoms with van der Waals surface area (Å²) in [5.74, 6) is -1.93. The highest BCUT2D eigenvalue weighted by molar-refractivity contribution is 7.98. The second-order valence-corrected chi connectivity index (χ2v) is 5.65. The van der Waals surface area contributed by atoms with Gasteiger partial charge in [-0.1, -0.05) is 11.8 Å². The van der Waals surface area contributed by atoms with Gasteiger partial charge in [0.1, 0.15) is 0 Å². The van der Waals surface area contributed by atoms with Crippen LogP contribution in [0.15, 0.2) is 23.4 Å². The van der Waals surface area contributed by atoms with Crippen LogP contribution in [0, 0.1) is 11.6 Å². The van der Waals surface area contributed by atoms with Crippen LogP contribution >= 0.6 is 11.8 Å². The van der Waals surface area contributed by atoms with Gasteiger partial charge in [-0.05, 0) is 38.3 Å². The molecule has 5 nitrogen and oxygen atoms in total. The van der Waals surface area contributed by atoms with Gasteiger partial charge in [0, 0.05) is 11.6 Å². The molecule has 0 aliphatic rings. The third kappa shape index (κ3) is 3.44. The fraction of sp³-hybridized carbons (Fsp3) is 0.357. The first-order valence-corrected chi connectivity index (χ1v) is 7.87. The predicted octanol–water partition coefficient (Wildman–Crippen LogP) is 2.79. The molecule has 1 N–H and O–H groups in total. The van der Waals surface area contributed by atoms with Crippen LogP contribution in [-0.4, -0.2) is 26.9 Å². The van der Waals surface area contributed by atoms with Crippen molar-refractivity contribution >= 4 is 17.7 Å². The van der Waals surface area contributed by atoms with E-state index < -0.39 is 17.5 Å². The molecule has 118 valence electrons. The monoisotopic (exact) mass is 326 g/mol. The van der Waals surface area contributed by atoms with Crippen LogP contribution in [0.3, 0.4) is 0 Å². The first-order valence-electron chi connectivity index (χ1n) is 6.65. The van der Waals surface area contributed by atoms with Gasteiger partial charge in [0.25, 0.3) is 5.91 Å². The zero-order chi connectivity index (χ0) is 16.3. The second-order valence-electron chi connectivity index (χ2n) is 4.88. The highest BCUT2D eigenvalue weighted by atomic mass is 32.2. The van der Waals surface area contributed by atoms with Crippen LogP contribution in [0.4, 0.5) is 8.78 Å². The summed E-state index contributed by atoms with van der Waals surface area (Å²) in [7, 11) is 0. The summed E-state index contributed by atoms with van der Waals surface area (Å²) in [6, 6.07) is 3.17. The Labute approximate surface area is 131 Å². The molecule has 0 saturated carbocycles. The molecule has 0 aliphatic heterocycles. The molecule has 8 heteroatoms. The highest BCUT2D eigenvalue weighted by Gasteiger charge is 2.15. The van der Waals surface area contributed by atoms with Gasteiger partial charge in [-0.2, -0.15) is 0 Å². The largest absolute Gasteiger partial charge is 0.345 e. The van der Waals surface area contributed by atoms with Crippen molar-refractivity contribution in [3.8, 4) is 0 Å². The number of benzene rings is 1. The lowest BCUT2D eigenvalue weighted by molar-refractivity contribution is 0.0948. The van der Waals surface area contributed by atoms with E-state index >= 15 is 0 Å². The Morgan fingerprint density at radius 1 is 1.32 bits per heavy atom. The maximum atomic E-state index is 13.1. The fourth-order valence-electron chi connectivity index (χ4n) is 1.98. The van der Waals surface area contributed by atoms with Gasteiger partial charge in [-0.25, -0.2) is 8.78 Å². The average molecular weight is 326 g/mol. The quantitative estimate of drug-likeness (QED) is 0.858. The number of carbonyl (C=O) groups excluding carboxylic acids is 1. The molecule has 0 unspecified atom stereocenters. The van der Waals surface area contributed by atoms with Gasteiger partial charge >= 0.3 is 0 Å². The van der Waals surface area contributed by atoms with Gasteiger partial charge in [0.05, 0.1) is 6.54 Å². The summed E-state index contributed by atoms with van der Waals surface area (Å²) < 4.78 is 27.9. The molecule has 0 atom stereocenters. The number of nitrogens with zero attached hydrogens (tertiary/aromatic N) is 3. The first kappa shape index (κ1) is 16.4. The van der Waals surface area contributed by atoms with Gasteiger partial charge in [-0.15, -0.1) is 10.2 Å². The molecule has 2 aromatic rings.